The lowest BCUT2D eigenvalue weighted by molar-refractivity contribution is -0.122. The summed E-state index contributed by atoms with van der Waals surface area (Å²) in [5.41, 5.74) is 0.880. The van der Waals surface area contributed by atoms with Gasteiger partial charge in [-0.2, -0.15) is 0 Å². The van der Waals surface area contributed by atoms with E-state index in [4.69, 9.17) is 11.6 Å². The number of halogens is 2. The summed E-state index contributed by atoms with van der Waals surface area (Å²) in [4.78, 5) is 13.0. The van der Waals surface area contributed by atoms with Crippen molar-refractivity contribution in [2.75, 3.05) is 25.5 Å². The predicted octanol–water partition coefficient (Wildman–Crippen LogP) is 2.83. The second-order valence-electron chi connectivity index (χ2n) is 6.55. The lowest BCUT2D eigenvalue weighted by Gasteiger charge is -2.21. The smallest absolute Gasteiger partial charge is 0.249 e. The molecule has 1 aliphatic carbocycles. The first kappa shape index (κ1) is 22.7. The third-order valence-corrected chi connectivity index (χ3v) is 7.57. The lowest BCUT2D eigenvalue weighted by Crippen LogP contribution is -2.38. The molecule has 0 aromatic heterocycles. The van der Waals surface area contributed by atoms with E-state index in [9.17, 15) is 18.3 Å². The van der Waals surface area contributed by atoms with Gasteiger partial charge in [-0.1, -0.05) is 34.1 Å². The fourth-order valence-electron chi connectivity index (χ4n) is 2.65. The van der Waals surface area contributed by atoms with Crippen LogP contribution in [0.2, 0.25) is 5.02 Å². The molecule has 1 saturated carbocycles. The Labute approximate surface area is 178 Å². The number of aliphatic hydroxyl groups is 1. The average Bonchev–Trinajstić information content (AvgIpc) is 3.41. The molecule has 1 amide bonds. The fraction of sp³-hybridized carbons (Fsp3) is 0.389. The summed E-state index contributed by atoms with van der Waals surface area (Å²) in [6.07, 6.45) is 3.68. The van der Waals surface area contributed by atoms with Gasteiger partial charge in [0, 0.05) is 24.3 Å². The van der Waals surface area contributed by atoms with Gasteiger partial charge in [0.15, 0.2) is 0 Å². The van der Waals surface area contributed by atoms with Crippen molar-refractivity contribution in [2.45, 2.75) is 24.0 Å². The molecule has 10 heteroatoms. The third kappa shape index (κ3) is 5.50. The van der Waals surface area contributed by atoms with Crippen molar-refractivity contribution in [3.8, 4) is 0 Å². The molecule has 1 aromatic rings. The van der Waals surface area contributed by atoms with E-state index in [0.717, 1.165) is 10.5 Å². The van der Waals surface area contributed by atoms with Crippen LogP contribution in [0.4, 0.5) is 5.69 Å². The van der Waals surface area contributed by atoms with Gasteiger partial charge in [0.1, 0.15) is 0 Å². The van der Waals surface area contributed by atoms with Crippen LogP contribution < -0.4 is 10.0 Å². The maximum Gasteiger partial charge on any atom is 0.249 e. The van der Waals surface area contributed by atoms with Crippen LogP contribution in [0, 0.1) is 0 Å². The minimum atomic E-state index is -3.73. The number of aliphatic hydroxyl groups excluding tert-OH is 1. The van der Waals surface area contributed by atoms with Crippen LogP contribution in [0.25, 0.3) is 0 Å². The molecule has 1 aliphatic rings. The van der Waals surface area contributed by atoms with E-state index in [1.165, 1.54) is 18.1 Å². The van der Waals surface area contributed by atoms with E-state index >= 15 is 0 Å². The van der Waals surface area contributed by atoms with Crippen LogP contribution in [0.5, 0.6) is 0 Å². The zero-order valence-corrected chi connectivity index (χ0v) is 18.6. The third-order valence-electron chi connectivity index (χ3n) is 4.48. The maximum absolute atomic E-state index is 12.8. The molecule has 0 unspecified atom stereocenters. The van der Waals surface area contributed by atoms with Gasteiger partial charge < -0.3 is 15.3 Å². The zero-order chi connectivity index (χ0) is 20.9. The van der Waals surface area contributed by atoms with Crippen LogP contribution in [-0.4, -0.2) is 49.3 Å². The fourth-order valence-corrected chi connectivity index (χ4v) is 5.08. The van der Waals surface area contributed by atoms with E-state index in [-0.39, 0.29) is 31.2 Å². The van der Waals surface area contributed by atoms with Crippen molar-refractivity contribution < 1.29 is 18.3 Å². The molecule has 3 N–H and O–H groups in total. The zero-order valence-electron chi connectivity index (χ0n) is 15.4. The first-order valence-electron chi connectivity index (χ1n) is 8.56. The lowest BCUT2D eigenvalue weighted by atomic mass is 10.3. The molecule has 0 saturated heterocycles. The van der Waals surface area contributed by atoms with E-state index in [1.807, 2.05) is 0 Å². The summed E-state index contributed by atoms with van der Waals surface area (Å²) in [6, 6.07) is 5.27. The Hall–Kier alpha value is -1.55. The Balaban J connectivity index is 2.23. The number of anilines is 1. The highest BCUT2D eigenvalue weighted by Crippen LogP contribution is 2.46. The average molecular weight is 493 g/mol. The molecular weight excluding hydrogens is 470 g/mol. The Morgan fingerprint density at radius 1 is 1.46 bits per heavy atom. The topological polar surface area (TPSA) is 98.7 Å². The molecule has 1 aromatic carbocycles. The van der Waals surface area contributed by atoms with Crippen LogP contribution >= 0.6 is 27.5 Å². The van der Waals surface area contributed by atoms with Crippen LogP contribution in [-0.2, 0) is 14.8 Å². The highest BCUT2D eigenvalue weighted by Gasteiger charge is 2.54. The first-order valence-corrected chi connectivity index (χ1v) is 11.2. The molecule has 2 rings (SSSR count). The Morgan fingerprint density at radius 3 is 2.68 bits per heavy atom. The quantitative estimate of drug-likeness (QED) is 0.436. The van der Waals surface area contributed by atoms with Gasteiger partial charge >= 0.3 is 0 Å². The summed E-state index contributed by atoms with van der Waals surface area (Å²) < 4.78 is 28.0. The Bertz CT molecular complexity index is 885. The highest BCUT2D eigenvalue weighted by atomic mass is 79.9. The SMILES string of the molecule is C=CC(=O)N(C)/C=C(\CNc1ccc(Br)cc1Cl)NS(=O)(=O)C1(CCO)CC1. The van der Waals surface area contributed by atoms with E-state index < -0.39 is 14.8 Å². The molecule has 28 heavy (non-hydrogen) atoms. The summed E-state index contributed by atoms with van der Waals surface area (Å²) in [5.74, 6) is -0.380. The normalized spacial score (nSPS) is 15.6. The second kappa shape index (κ2) is 9.30. The summed E-state index contributed by atoms with van der Waals surface area (Å²) in [6.45, 7) is 3.31. The number of likely N-dealkylation sites (N-methyl/N-ethyl adjacent to an activating group) is 1. The Kier molecular flexibility index (Phi) is 7.55. The maximum atomic E-state index is 12.8. The predicted molar refractivity (Wildman–Crippen MR) is 114 cm³/mol. The van der Waals surface area contributed by atoms with Crippen molar-refractivity contribution in [1.29, 1.82) is 0 Å². The molecular formula is C18H23BrClN3O4S. The first-order chi connectivity index (χ1) is 13.1. The number of carbonyl (C=O) groups excluding carboxylic acids is 1. The molecule has 0 radical (unpaired) electrons. The molecule has 0 aliphatic heterocycles. The molecule has 0 spiro atoms. The van der Waals surface area contributed by atoms with Gasteiger partial charge in [0.05, 0.1) is 27.7 Å². The van der Waals surface area contributed by atoms with Gasteiger partial charge in [0.2, 0.25) is 15.9 Å². The number of sulfonamides is 1. The molecule has 154 valence electrons. The molecule has 0 heterocycles. The van der Waals surface area contributed by atoms with Crippen LogP contribution in [0.1, 0.15) is 19.3 Å². The van der Waals surface area contributed by atoms with Crippen molar-refractivity contribution in [3.63, 3.8) is 0 Å². The van der Waals surface area contributed by atoms with Crippen molar-refractivity contribution in [3.05, 3.63) is 52.2 Å². The van der Waals surface area contributed by atoms with E-state index in [0.29, 0.717) is 23.6 Å². The largest absolute Gasteiger partial charge is 0.396 e. The number of hydrogen-bond donors (Lipinski definition) is 3. The summed E-state index contributed by atoms with van der Waals surface area (Å²) >= 11 is 9.52. The summed E-state index contributed by atoms with van der Waals surface area (Å²) in [7, 11) is -2.23. The summed E-state index contributed by atoms with van der Waals surface area (Å²) in [5, 5.41) is 12.7. The van der Waals surface area contributed by atoms with Crippen LogP contribution in [0.15, 0.2) is 47.2 Å². The number of carbonyl (C=O) groups is 1. The number of nitrogens with zero attached hydrogens (tertiary/aromatic N) is 1. The van der Waals surface area contributed by atoms with Gasteiger partial charge in [-0.3, -0.25) is 9.52 Å². The Morgan fingerprint density at radius 2 is 2.14 bits per heavy atom. The standard InChI is InChI=1S/C18H23BrClN3O4S/c1-3-17(25)23(2)12-14(11-21-16-5-4-13(19)10-15(16)20)22-28(26,27)18(6-7-18)8-9-24/h3-5,10,12,21-22,24H,1,6-9,11H2,2H3/b14-12+. The minimum absolute atomic E-state index is 0.0878. The van der Waals surface area contributed by atoms with E-state index in [2.05, 4.69) is 32.5 Å². The van der Waals surface area contributed by atoms with Crippen molar-refractivity contribution in [2.24, 2.45) is 0 Å². The number of benzene rings is 1. The number of hydrogen-bond acceptors (Lipinski definition) is 5. The molecule has 0 bridgehead atoms. The molecule has 7 nitrogen and oxygen atoms in total. The number of amides is 1. The van der Waals surface area contributed by atoms with Gasteiger partial charge in [-0.25, -0.2) is 8.42 Å². The molecule has 0 atom stereocenters. The molecule has 1 fully saturated rings. The van der Waals surface area contributed by atoms with Crippen LogP contribution in [0.3, 0.4) is 0 Å². The van der Waals surface area contributed by atoms with E-state index in [1.54, 1.807) is 18.2 Å². The monoisotopic (exact) mass is 491 g/mol. The number of nitrogens with one attached hydrogen (secondary N) is 2. The van der Waals surface area contributed by atoms with Gasteiger partial charge in [-0.15, -0.1) is 0 Å². The van der Waals surface area contributed by atoms with Gasteiger partial charge in [-0.05, 0) is 43.5 Å². The van der Waals surface area contributed by atoms with Crippen molar-refractivity contribution >= 4 is 49.1 Å². The van der Waals surface area contributed by atoms with Crippen molar-refractivity contribution in [1.82, 2.24) is 9.62 Å². The number of rotatable bonds is 10. The second-order valence-corrected chi connectivity index (χ2v) is 9.95. The van der Waals surface area contributed by atoms with Gasteiger partial charge in [0.25, 0.3) is 0 Å². The highest BCUT2D eigenvalue weighted by molar-refractivity contribution is 9.10. The minimum Gasteiger partial charge on any atom is -0.396 e.